The van der Waals surface area contributed by atoms with Crippen LogP contribution in [0.3, 0.4) is 0 Å². The van der Waals surface area contributed by atoms with Crippen molar-refractivity contribution in [3.05, 3.63) is 57.6 Å². The average Bonchev–Trinajstić information content (AvgIpc) is 3.28. The van der Waals surface area contributed by atoms with Crippen molar-refractivity contribution in [1.82, 2.24) is 9.55 Å². The van der Waals surface area contributed by atoms with E-state index in [9.17, 15) is 9.50 Å². The largest absolute Gasteiger partial charge is 0.493 e. The molecule has 0 fully saturated rings. The fraction of sp³-hybridized carbons (Fsp3) is 0.261. The number of rotatable bonds is 3. The monoisotopic (exact) mass is 498 g/mol. The molecular weight excluding hydrogens is 479 g/mol. The molecule has 0 saturated carbocycles. The third kappa shape index (κ3) is 3.38. The van der Waals surface area contributed by atoms with E-state index in [1.54, 1.807) is 6.07 Å². The summed E-state index contributed by atoms with van der Waals surface area (Å²) in [5.74, 6) is -0.158. The molecule has 1 aliphatic rings. The number of hydrogen-bond donors (Lipinski definition) is 1. The first-order valence-electron chi connectivity index (χ1n) is 9.95. The molecule has 5 rings (SSSR count). The molecule has 1 N–H and O–H groups in total. The van der Waals surface area contributed by atoms with E-state index in [0.717, 1.165) is 33.2 Å². The molecule has 0 radical (unpaired) electrons. The van der Waals surface area contributed by atoms with Gasteiger partial charge in [-0.1, -0.05) is 35.0 Å². The van der Waals surface area contributed by atoms with E-state index in [4.69, 9.17) is 0 Å². The fourth-order valence-electron chi connectivity index (χ4n) is 4.55. The molecule has 1 unspecified atom stereocenters. The van der Waals surface area contributed by atoms with Gasteiger partial charge in [0.15, 0.2) is 5.69 Å². The Morgan fingerprint density at radius 2 is 1.97 bits per heavy atom. The topological polar surface area (TPSA) is 62.8 Å². The molecule has 4 aromatic rings. The van der Waals surface area contributed by atoms with Crippen molar-refractivity contribution >= 4 is 49.0 Å². The lowest BCUT2D eigenvalue weighted by atomic mass is 9.82. The van der Waals surface area contributed by atoms with Crippen molar-refractivity contribution < 1.29 is 9.50 Å². The van der Waals surface area contributed by atoms with Crippen molar-refractivity contribution in [2.24, 2.45) is 10.2 Å². The predicted molar refractivity (Wildman–Crippen MR) is 125 cm³/mol. The van der Waals surface area contributed by atoms with Gasteiger partial charge in [0.2, 0.25) is 11.0 Å². The maximum Gasteiger partial charge on any atom is 0.230 e. The Bertz CT molecular complexity index is 1340. The zero-order valence-electron chi connectivity index (χ0n) is 17.2. The van der Waals surface area contributed by atoms with Crippen molar-refractivity contribution in [2.45, 2.75) is 38.6 Å². The van der Waals surface area contributed by atoms with Gasteiger partial charge in [-0.3, -0.25) is 0 Å². The molecule has 5 nitrogen and oxygen atoms in total. The molecular formula is C23H20BrFN4OS. The molecule has 2 aromatic heterocycles. The van der Waals surface area contributed by atoms with Crippen LogP contribution in [0.5, 0.6) is 5.88 Å². The van der Waals surface area contributed by atoms with Gasteiger partial charge in [-0.2, -0.15) is 0 Å². The van der Waals surface area contributed by atoms with E-state index in [1.807, 2.05) is 34.2 Å². The quantitative estimate of drug-likeness (QED) is 0.290. The zero-order chi connectivity index (χ0) is 21.9. The van der Waals surface area contributed by atoms with Crippen LogP contribution < -0.4 is 0 Å². The number of thiazole rings is 1. The highest BCUT2D eigenvalue weighted by atomic mass is 79.9. The van der Waals surface area contributed by atoms with Crippen LogP contribution in [0.2, 0.25) is 0 Å². The predicted octanol–water partition coefficient (Wildman–Crippen LogP) is 8.03. The van der Waals surface area contributed by atoms with Crippen LogP contribution in [0, 0.1) is 5.82 Å². The zero-order valence-corrected chi connectivity index (χ0v) is 19.6. The highest BCUT2D eigenvalue weighted by Crippen LogP contribution is 2.51. The molecule has 31 heavy (non-hydrogen) atoms. The van der Waals surface area contributed by atoms with E-state index in [1.165, 1.54) is 17.4 Å². The van der Waals surface area contributed by atoms with Crippen LogP contribution in [0.25, 0.3) is 22.2 Å². The Morgan fingerprint density at radius 1 is 1.23 bits per heavy atom. The lowest BCUT2D eigenvalue weighted by Crippen LogP contribution is -2.31. The highest BCUT2D eigenvalue weighted by Gasteiger charge is 2.36. The Kier molecular flexibility index (Phi) is 4.75. The van der Waals surface area contributed by atoms with Crippen LogP contribution in [0.4, 0.5) is 15.2 Å². The molecule has 0 bridgehead atoms. The summed E-state index contributed by atoms with van der Waals surface area (Å²) in [6.07, 6.45) is 0.792. The smallest absolute Gasteiger partial charge is 0.230 e. The van der Waals surface area contributed by atoms with Gasteiger partial charge in [0.05, 0.1) is 11.2 Å². The summed E-state index contributed by atoms with van der Waals surface area (Å²) in [7, 11) is 0. The molecule has 158 valence electrons. The molecule has 3 heterocycles. The first-order chi connectivity index (χ1) is 14.7. The first kappa shape index (κ1) is 20.3. The van der Waals surface area contributed by atoms with Gasteiger partial charge < -0.3 is 9.67 Å². The minimum atomic E-state index is -0.338. The summed E-state index contributed by atoms with van der Waals surface area (Å²) in [5, 5.41) is 22.6. The van der Waals surface area contributed by atoms with E-state index >= 15 is 0 Å². The van der Waals surface area contributed by atoms with Crippen molar-refractivity contribution in [3.63, 3.8) is 0 Å². The number of nitrogens with zero attached hydrogens (tertiary/aromatic N) is 4. The first-order valence-corrected chi connectivity index (χ1v) is 11.6. The van der Waals surface area contributed by atoms with Crippen molar-refractivity contribution in [1.29, 1.82) is 0 Å². The number of benzene rings is 2. The SMILES string of the molecule is CC1CC(C)(C)n2c(O)c(N=Nc3nc(-c4ccc(Br)cc4)cs3)c3cc(F)cc1c32. The Balaban J connectivity index is 1.59. The van der Waals surface area contributed by atoms with E-state index < -0.39 is 0 Å². The van der Waals surface area contributed by atoms with Gasteiger partial charge in [-0.05, 0) is 56.0 Å². The normalized spacial score (nSPS) is 17.6. The lowest BCUT2D eigenvalue weighted by molar-refractivity contribution is 0.267. The third-order valence-corrected chi connectivity index (χ3v) is 7.07. The van der Waals surface area contributed by atoms with Crippen LogP contribution >= 0.6 is 27.3 Å². The average molecular weight is 499 g/mol. The van der Waals surface area contributed by atoms with Crippen LogP contribution in [0.15, 0.2) is 56.5 Å². The molecule has 1 aliphatic heterocycles. The number of aromatic hydroxyl groups is 1. The van der Waals surface area contributed by atoms with E-state index in [2.05, 4.69) is 51.9 Å². The number of halogens is 2. The van der Waals surface area contributed by atoms with Gasteiger partial charge in [0.25, 0.3) is 0 Å². The summed E-state index contributed by atoms with van der Waals surface area (Å²) in [6.45, 7) is 6.23. The molecule has 0 amide bonds. The molecule has 1 atom stereocenters. The van der Waals surface area contributed by atoms with Gasteiger partial charge >= 0.3 is 0 Å². The minimum Gasteiger partial charge on any atom is -0.493 e. The van der Waals surface area contributed by atoms with Crippen LogP contribution in [-0.4, -0.2) is 14.7 Å². The number of azo groups is 1. The molecule has 2 aromatic carbocycles. The molecule has 0 aliphatic carbocycles. The van der Waals surface area contributed by atoms with Crippen LogP contribution in [-0.2, 0) is 5.54 Å². The van der Waals surface area contributed by atoms with Gasteiger partial charge in [0.1, 0.15) is 5.82 Å². The Hall–Kier alpha value is -2.58. The summed E-state index contributed by atoms with van der Waals surface area (Å²) in [4.78, 5) is 4.53. The molecule has 8 heteroatoms. The maximum atomic E-state index is 14.4. The van der Waals surface area contributed by atoms with Crippen LogP contribution in [0.1, 0.15) is 38.7 Å². The second-order valence-electron chi connectivity index (χ2n) is 8.54. The summed E-state index contributed by atoms with van der Waals surface area (Å²) < 4.78 is 17.3. The highest BCUT2D eigenvalue weighted by molar-refractivity contribution is 9.10. The molecule has 0 spiro atoms. The van der Waals surface area contributed by atoms with Crippen molar-refractivity contribution in [3.8, 4) is 17.1 Å². The Labute approximate surface area is 191 Å². The minimum absolute atomic E-state index is 0.00666. The number of hydrogen-bond acceptors (Lipinski definition) is 5. The lowest BCUT2D eigenvalue weighted by Gasteiger charge is -2.36. The summed E-state index contributed by atoms with van der Waals surface area (Å²) in [6, 6.07) is 10.8. The number of aromatic nitrogens is 2. The fourth-order valence-corrected chi connectivity index (χ4v) is 5.46. The molecule has 0 saturated heterocycles. The summed E-state index contributed by atoms with van der Waals surface area (Å²) in [5.41, 5.74) is 3.45. The van der Waals surface area contributed by atoms with Gasteiger partial charge in [-0.25, -0.2) is 9.37 Å². The summed E-state index contributed by atoms with van der Waals surface area (Å²) >= 11 is 4.80. The second-order valence-corrected chi connectivity index (χ2v) is 10.3. The van der Waals surface area contributed by atoms with E-state index in [0.29, 0.717) is 10.5 Å². The maximum absolute atomic E-state index is 14.4. The van der Waals surface area contributed by atoms with Crippen molar-refractivity contribution in [2.75, 3.05) is 0 Å². The van der Waals surface area contributed by atoms with Gasteiger partial charge in [0, 0.05) is 26.3 Å². The second kappa shape index (κ2) is 7.24. The Morgan fingerprint density at radius 3 is 2.71 bits per heavy atom. The van der Waals surface area contributed by atoms with E-state index in [-0.39, 0.29) is 28.8 Å². The third-order valence-electron chi connectivity index (χ3n) is 5.82. The standard InChI is InChI=1S/C23H20BrFN4OS/c1-12-10-23(2,3)29-20-16(12)8-15(25)9-17(20)19(21(29)30)27-28-22-26-18(11-31-22)13-4-6-14(24)7-5-13/h4-9,11-12,30H,10H2,1-3H3. The van der Waals surface area contributed by atoms with Gasteiger partial charge in [-0.15, -0.1) is 21.6 Å².